The van der Waals surface area contributed by atoms with E-state index in [9.17, 15) is 43.5 Å². The van der Waals surface area contributed by atoms with Gasteiger partial charge >= 0.3 is 53.9 Å². The van der Waals surface area contributed by atoms with Crippen LogP contribution in [0, 0.1) is 109 Å². The van der Waals surface area contributed by atoms with Crippen LogP contribution in [0.5, 0.6) is 0 Å². The van der Waals surface area contributed by atoms with Crippen molar-refractivity contribution in [1.29, 1.82) is 0 Å². The Kier molecular flexibility index (Phi) is 33.8. The molecule has 0 unspecified atom stereocenters. The van der Waals surface area contributed by atoms with E-state index in [1.165, 1.54) is 67.7 Å². The molecule has 0 atom stereocenters. The van der Waals surface area contributed by atoms with Gasteiger partial charge in [-0.2, -0.15) is 9.59 Å². The number of benzene rings is 6. The smallest absolute Gasteiger partial charge is 0.373 e. The number of nitrogens with one attached hydrogen (secondary N) is 1. The number of carbonyl (C=O) groups excluding carboxylic acids is 2. The molecular formula is C86H85N3O19S2. The zero-order valence-electron chi connectivity index (χ0n) is 63.4. The van der Waals surface area contributed by atoms with Gasteiger partial charge in [0.15, 0.2) is 5.69 Å². The molecule has 22 nitrogen and oxygen atoms in total. The second kappa shape index (κ2) is 41.6. The van der Waals surface area contributed by atoms with Gasteiger partial charge in [0.05, 0.1) is 49.5 Å². The molecule has 0 fully saturated rings. The van der Waals surface area contributed by atoms with Gasteiger partial charge in [-0.3, -0.25) is 4.98 Å². The highest BCUT2D eigenvalue weighted by molar-refractivity contribution is 7.12. The number of rotatable bonds is 11. The largest absolute Gasteiger partial charge is 0.478 e. The highest BCUT2D eigenvalue weighted by Crippen LogP contribution is 2.56. The van der Waals surface area contributed by atoms with Crippen LogP contribution >= 0.6 is 22.7 Å². The number of carbonyl (C=O) groups is 8. The highest BCUT2D eigenvalue weighted by atomic mass is 32.1. The molecule has 24 heteroatoms. The Morgan fingerprint density at radius 1 is 0.473 bits per heavy atom. The molecule has 110 heavy (non-hydrogen) atoms. The molecule has 1 aliphatic carbocycles. The third kappa shape index (κ3) is 24.7. The van der Waals surface area contributed by atoms with Crippen molar-refractivity contribution >= 4 is 82.7 Å². The number of pyridine rings is 1. The summed E-state index contributed by atoms with van der Waals surface area (Å²) < 4.78 is 4.99. The molecule has 1 aliphatic rings. The normalized spacial score (nSPS) is 10.6. The summed E-state index contributed by atoms with van der Waals surface area (Å²) in [6.07, 6.45) is 5.53. The number of hydrogen-bond donors (Lipinski definition) is 9. The summed E-state index contributed by atoms with van der Waals surface area (Å²) in [6, 6.07) is 48.3. The second-order valence-corrected chi connectivity index (χ2v) is 27.6. The number of aryl methyl sites for hydroxylation is 14. The van der Waals surface area contributed by atoms with Crippen molar-refractivity contribution in [2.45, 2.75) is 116 Å². The molecule has 0 spiro atoms. The quantitative estimate of drug-likeness (QED) is 0.0543. The molecule has 0 saturated heterocycles. The van der Waals surface area contributed by atoms with Crippen molar-refractivity contribution in [1.82, 2.24) is 15.0 Å². The minimum Gasteiger partial charge on any atom is -0.478 e. The Balaban J connectivity index is 0.000000276. The number of nitrogens with zero attached hydrogens (tertiary/aromatic N) is 2. The summed E-state index contributed by atoms with van der Waals surface area (Å²) in [7, 11) is 0. The first kappa shape index (κ1) is 89.2. The Morgan fingerprint density at radius 3 is 1.33 bits per heavy atom. The predicted octanol–water partition coefficient (Wildman–Crippen LogP) is 18.4. The molecule has 12 rings (SSSR count). The van der Waals surface area contributed by atoms with Crippen LogP contribution in [0.2, 0.25) is 0 Å². The van der Waals surface area contributed by atoms with Crippen LogP contribution in [-0.2, 0) is 15.0 Å². The molecule has 0 aliphatic heterocycles. The SMILES string of the molecule is CC#Cc1ccc(C)cc1C(=O)O.CC=Cc1ccc(C)cc1C(=O)O.Cc1cc(C(=O)O)c(C)[nH]1.Cc1cc(C(=O)O)c(C)o1.Cc1cc(C(=O)O)c(C)s1.Cc1ccc2c(c1)C(c1ccccc1)(c1ccc(C(=O)O)cc1)c1cc(C)ccc1-2.Cc1cnc(C)c(C(=O)O)c1.Cc1nc(C(=O)O)c(C)s1.O=C=O. The summed E-state index contributed by atoms with van der Waals surface area (Å²) in [5, 5.41) is 70.8. The van der Waals surface area contributed by atoms with E-state index in [0.29, 0.717) is 50.7 Å². The van der Waals surface area contributed by atoms with Crippen LogP contribution in [0.3, 0.4) is 0 Å². The van der Waals surface area contributed by atoms with Gasteiger partial charge in [-0.15, -0.1) is 28.6 Å². The van der Waals surface area contributed by atoms with Crippen LogP contribution in [0.1, 0.15) is 206 Å². The molecule has 0 radical (unpaired) electrons. The third-order valence-corrected chi connectivity index (χ3v) is 18.0. The maximum absolute atomic E-state index is 11.5. The first-order valence-corrected chi connectivity index (χ1v) is 35.1. The lowest BCUT2D eigenvalue weighted by Crippen LogP contribution is -2.28. The number of allylic oxidation sites excluding steroid dienone is 1. The Bertz CT molecular complexity index is 5010. The molecule has 9 N–H and O–H groups in total. The zero-order chi connectivity index (χ0) is 82.6. The van der Waals surface area contributed by atoms with Gasteiger partial charge in [-0.05, 0) is 210 Å². The maximum Gasteiger partial charge on any atom is 0.373 e. The van der Waals surface area contributed by atoms with Crippen molar-refractivity contribution in [3.8, 4) is 23.0 Å². The van der Waals surface area contributed by atoms with Gasteiger partial charge in [0.25, 0.3) is 0 Å². The topological polar surface area (TPSA) is 387 Å². The summed E-state index contributed by atoms with van der Waals surface area (Å²) in [5.74, 6) is -0.680. The second-order valence-electron chi connectivity index (χ2n) is 24.8. The van der Waals surface area contributed by atoms with Gasteiger partial charge < -0.3 is 50.3 Å². The first-order valence-electron chi connectivity index (χ1n) is 33.5. The minimum atomic E-state index is -0.943. The molecule has 11 aromatic rings. The Morgan fingerprint density at radius 2 is 0.955 bits per heavy atom. The Hall–Kier alpha value is -13.2. The number of hydrogen-bond acceptors (Lipinski definition) is 15. The monoisotopic (exact) mass is 1530 g/mol. The van der Waals surface area contributed by atoms with E-state index in [1.807, 2.05) is 90.9 Å². The lowest BCUT2D eigenvalue weighted by molar-refractivity contribution is -0.191. The van der Waals surface area contributed by atoms with Crippen molar-refractivity contribution < 1.29 is 93.2 Å². The number of carboxylic acid groups (broad SMARTS) is 8. The van der Waals surface area contributed by atoms with E-state index in [-0.39, 0.29) is 28.5 Å². The zero-order valence-corrected chi connectivity index (χ0v) is 65.1. The summed E-state index contributed by atoms with van der Waals surface area (Å²) in [5.41, 5.74) is 17.8. The van der Waals surface area contributed by atoms with Crippen molar-refractivity contribution in [3.05, 3.63) is 318 Å². The van der Waals surface area contributed by atoms with Gasteiger partial charge in [-0.25, -0.2) is 43.3 Å². The molecule has 5 heterocycles. The van der Waals surface area contributed by atoms with Gasteiger partial charge in [0.2, 0.25) is 0 Å². The number of aromatic amines is 1. The number of thiazole rings is 1. The van der Waals surface area contributed by atoms with E-state index in [2.05, 4.69) is 101 Å². The van der Waals surface area contributed by atoms with Crippen LogP contribution in [0.4, 0.5) is 0 Å². The van der Waals surface area contributed by atoms with Crippen molar-refractivity contribution in [2.24, 2.45) is 0 Å². The molecule has 570 valence electrons. The molecule has 0 bridgehead atoms. The highest BCUT2D eigenvalue weighted by Gasteiger charge is 2.46. The lowest BCUT2D eigenvalue weighted by Gasteiger charge is -2.34. The van der Waals surface area contributed by atoms with E-state index in [0.717, 1.165) is 53.2 Å². The summed E-state index contributed by atoms with van der Waals surface area (Å²) in [6.45, 7) is 29.3. The van der Waals surface area contributed by atoms with Crippen LogP contribution in [0.25, 0.3) is 17.2 Å². The predicted molar refractivity (Wildman–Crippen MR) is 421 cm³/mol. The van der Waals surface area contributed by atoms with Crippen molar-refractivity contribution in [2.75, 3.05) is 0 Å². The third-order valence-electron chi connectivity index (χ3n) is 16.2. The fourth-order valence-corrected chi connectivity index (χ4v) is 13.1. The number of furan rings is 1. The number of aromatic carboxylic acids is 8. The van der Waals surface area contributed by atoms with E-state index >= 15 is 0 Å². The molecular weight excluding hydrogens is 1440 g/mol. The fraction of sp³-hybridized carbons (Fsp3) is 0.198. The summed E-state index contributed by atoms with van der Waals surface area (Å²) in [4.78, 5) is 115. The number of H-pyrrole nitrogens is 1. The van der Waals surface area contributed by atoms with Gasteiger partial charge in [0, 0.05) is 37.8 Å². The van der Waals surface area contributed by atoms with E-state index in [4.69, 9.17) is 49.8 Å². The van der Waals surface area contributed by atoms with Crippen molar-refractivity contribution in [3.63, 3.8) is 0 Å². The maximum atomic E-state index is 11.5. The summed E-state index contributed by atoms with van der Waals surface area (Å²) >= 11 is 2.92. The fourth-order valence-electron chi connectivity index (χ4n) is 11.4. The van der Waals surface area contributed by atoms with Gasteiger partial charge in [-0.1, -0.05) is 137 Å². The van der Waals surface area contributed by atoms with Crippen LogP contribution in [0.15, 0.2) is 168 Å². The number of carboxylic acids is 8. The molecule has 6 aromatic carbocycles. The number of aromatic nitrogens is 3. The average molecular weight is 1530 g/mol. The van der Waals surface area contributed by atoms with E-state index in [1.54, 1.807) is 109 Å². The molecule has 5 aromatic heterocycles. The standard InChI is InChI=1S/C28H22O2.C11H12O2.C11H10O2.C8H9NO2.C7H9NO2.C7H8O3.C7H8O2S.C6H7NO2S.CO2/c1-18-8-14-23-24-15-9-19(2)17-26(24)28(25(23)16-18,21-6-4-3-5-7-21)22-12-10-20(11-13-22)27(29)30;2*1-3-4-9-6-5-8(2)7-10(9)11(12)13;1-5-3-7(8(10)11)6(2)9-4-5;1-4-3-6(7(9)10)5(2)8-4;2*1-4-3-6(7(8)9)5(2)10-4;1-3-5(6(8)9)7-4(2)10-3;2-1-3/h3-17H,1-2H3,(H,29,30);3-7H,1-2H3,(H,12,13);5-7H,1-2H3,(H,12,13);3-4H,1-2H3,(H,10,11);3,8H,1-2H3,(H,9,10);2*3H,1-2H3,(H,8,9);1-2H3,(H,8,9);. The minimum absolute atomic E-state index is 0.183. The average Bonchev–Trinajstić information content (AvgIpc) is 1.53. The number of thiophene rings is 1. The lowest BCUT2D eigenvalue weighted by atomic mass is 9.67. The van der Waals surface area contributed by atoms with Crippen LogP contribution < -0.4 is 0 Å². The number of fused-ring (bicyclic) bond motifs is 3. The molecule has 0 amide bonds. The van der Waals surface area contributed by atoms with Gasteiger partial charge in [0.1, 0.15) is 17.1 Å². The van der Waals surface area contributed by atoms with E-state index < -0.39 is 53.2 Å². The first-order chi connectivity index (χ1) is 51.8. The molecule has 0 saturated carbocycles. The van der Waals surface area contributed by atoms with Crippen LogP contribution in [-0.4, -0.2) is 110 Å². The Labute approximate surface area is 644 Å².